The van der Waals surface area contributed by atoms with E-state index in [4.69, 9.17) is 28.3 Å². The van der Waals surface area contributed by atoms with Crippen LogP contribution in [0.4, 0.5) is 0 Å². The van der Waals surface area contributed by atoms with Gasteiger partial charge >= 0.3 is 5.97 Å². The first-order valence-corrected chi connectivity index (χ1v) is 5.57. The molecule has 1 N–H and O–H groups in total. The SMILES string of the molecule is CCC(S)C(=O)O.Clc1ccccc1Cl. The molecule has 1 unspecified atom stereocenters. The quantitative estimate of drug-likeness (QED) is 0.800. The average molecular weight is 267 g/mol. The summed E-state index contributed by atoms with van der Waals surface area (Å²) in [5, 5.41) is 8.83. The summed E-state index contributed by atoms with van der Waals surface area (Å²) in [6.45, 7) is 1.78. The zero-order valence-electron chi connectivity index (χ0n) is 8.15. The number of hydrogen-bond acceptors (Lipinski definition) is 2. The van der Waals surface area contributed by atoms with Crippen LogP contribution in [0.5, 0.6) is 0 Å². The Kier molecular flexibility index (Phi) is 7.65. The van der Waals surface area contributed by atoms with Crippen LogP contribution in [-0.2, 0) is 4.79 Å². The maximum atomic E-state index is 9.85. The van der Waals surface area contributed by atoms with Gasteiger partial charge in [-0.2, -0.15) is 12.6 Å². The maximum Gasteiger partial charge on any atom is 0.316 e. The monoisotopic (exact) mass is 266 g/mol. The second-order valence-electron chi connectivity index (χ2n) is 2.68. The lowest BCUT2D eigenvalue weighted by molar-refractivity contribution is -0.136. The van der Waals surface area contributed by atoms with Gasteiger partial charge in [-0.05, 0) is 18.6 Å². The number of hydrogen-bond donors (Lipinski definition) is 2. The van der Waals surface area contributed by atoms with E-state index in [9.17, 15) is 4.79 Å². The lowest BCUT2D eigenvalue weighted by Gasteiger charge is -1.95. The molecule has 1 rings (SSSR count). The standard InChI is InChI=1S/C6H4Cl2.C4H8O2S/c7-5-3-1-2-4-6(5)8;1-2-3(7)4(5)6/h1-4H;3,7H,2H2,1H3,(H,5,6). The van der Waals surface area contributed by atoms with E-state index in [1.165, 1.54) is 0 Å². The smallest absolute Gasteiger partial charge is 0.316 e. The van der Waals surface area contributed by atoms with Crippen molar-refractivity contribution in [2.75, 3.05) is 0 Å². The van der Waals surface area contributed by atoms with Crippen LogP contribution < -0.4 is 0 Å². The zero-order valence-corrected chi connectivity index (χ0v) is 10.6. The Morgan fingerprint density at radius 2 is 1.80 bits per heavy atom. The van der Waals surface area contributed by atoms with Gasteiger partial charge in [-0.25, -0.2) is 0 Å². The topological polar surface area (TPSA) is 37.3 Å². The highest BCUT2D eigenvalue weighted by Gasteiger charge is 2.06. The van der Waals surface area contributed by atoms with Gasteiger partial charge in [0.05, 0.1) is 15.3 Å². The predicted molar refractivity (Wildman–Crippen MR) is 67.2 cm³/mol. The lowest BCUT2D eigenvalue weighted by atomic mass is 10.3. The highest BCUT2D eigenvalue weighted by Crippen LogP contribution is 2.19. The number of carbonyl (C=O) groups is 1. The van der Waals surface area contributed by atoms with Crippen LogP contribution in [0, 0.1) is 0 Å². The molecule has 0 aliphatic carbocycles. The minimum absolute atomic E-state index is 0.486. The molecular weight excluding hydrogens is 255 g/mol. The van der Waals surface area contributed by atoms with Crippen LogP contribution in [0.25, 0.3) is 0 Å². The van der Waals surface area contributed by atoms with E-state index >= 15 is 0 Å². The van der Waals surface area contributed by atoms with Crippen LogP contribution in [0.2, 0.25) is 10.0 Å². The summed E-state index contributed by atoms with van der Waals surface area (Å²) in [5.41, 5.74) is 0. The third-order valence-corrected chi connectivity index (χ3v) is 2.84. The molecule has 0 amide bonds. The summed E-state index contributed by atoms with van der Waals surface area (Å²) < 4.78 is 0. The Hall–Kier alpha value is -0.380. The Morgan fingerprint density at radius 1 is 1.40 bits per heavy atom. The van der Waals surface area contributed by atoms with E-state index in [2.05, 4.69) is 12.6 Å². The molecule has 0 bridgehead atoms. The number of carboxylic acid groups (broad SMARTS) is 1. The van der Waals surface area contributed by atoms with Gasteiger partial charge in [-0.3, -0.25) is 4.79 Å². The highest BCUT2D eigenvalue weighted by molar-refractivity contribution is 7.81. The first-order chi connectivity index (χ1) is 6.99. The maximum absolute atomic E-state index is 9.85. The number of carboxylic acids is 1. The normalized spacial score (nSPS) is 11.2. The molecule has 0 spiro atoms. The van der Waals surface area contributed by atoms with Crippen LogP contribution in [-0.4, -0.2) is 16.3 Å². The van der Waals surface area contributed by atoms with Crippen molar-refractivity contribution in [2.24, 2.45) is 0 Å². The van der Waals surface area contributed by atoms with Crippen LogP contribution >= 0.6 is 35.8 Å². The molecule has 1 atom stereocenters. The second-order valence-corrected chi connectivity index (χ2v) is 4.11. The van der Waals surface area contributed by atoms with Crippen molar-refractivity contribution in [2.45, 2.75) is 18.6 Å². The average Bonchev–Trinajstić information content (AvgIpc) is 2.22. The van der Waals surface area contributed by atoms with Gasteiger partial charge in [0.2, 0.25) is 0 Å². The van der Waals surface area contributed by atoms with Crippen molar-refractivity contribution >= 4 is 41.8 Å². The molecule has 0 aromatic heterocycles. The fourth-order valence-electron chi connectivity index (χ4n) is 0.614. The van der Waals surface area contributed by atoms with E-state index in [0.29, 0.717) is 16.5 Å². The van der Waals surface area contributed by atoms with Gasteiger partial charge in [-0.15, -0.1) is 0 Å². The third kappa shape index (κ3) is 6.66. The van der Waals surface area contributed by atoms with Gasteiger partial charge in [0.25, 0.3) is 0 Å². The van der Waals surface area contributed by atoms with Crippen LogP contribution in [0.1, 0.15) is 13.3 Å². The van der Waals surface area contributed by atoms with E-state index in [1.807, 2.05) is 12.1 Å². The Labute approximate surface area is 105 Å². The molecule has 0 saturated heterocycles. The largest absolute Gasteiger partial charge is 0.480 e. The molecule has 0 saturated carbocycles. The highest BCUT2D eigenvalue weighted by atomic mass is 35.5. The minimum atomic E-state index is -0.842. The van der Waals surface area contributed by atoms with E-state index in [0.717, 1.165) is 0 Å². The molecule has 0 fully saturated rings. The molecule has 0 heterocycles. The summed E-state index contributed by atoms with van der Waals surface area (Å²) >= 11 is 14.9. The first kappa shape index (κ1) is 14.6. The van der Waals surface area contributed by atoms with Gasteiger partial charge in [-0.1, -0.05) is 42.3 Å². The van der Waals surface area contributed by atoms with Crippen molar-refractivity contribution in [1.82, 2.24) is 0 Å². The number of rotatable bonds is 2. The minimum Gasteiger partial charge on any atom is -0.480 e. The van der Waals surface area contributed by atoms with Crippen LogP contribution in [0.15, 0.2) is 24.3 Å². The van der Waals surface area contributed by atoms with E-state index < -0.39 is 11.2 Å². The van der Waals surface area contributed by atoms with Gasteiger partial charge in [0.1, 0.15) is 0 Å². The summed E-state index contributed by atoms with van der Waals surface area (Å²) in [5.74, 6) is -0.842. The van der Waals surface area contributed by atoms with Gasteiger partial charge < -0.3 is 5.11 Å². The number of halogens is 2. The van der Waals surface area contributed by atoms with E-state index in [-0.39, 0.29) is 0 Å². The molecule has 1 aromatic carbocycles. The van der Waals surface area contributed by atoms with Crippen molar-refractivity contribution in [3.63, 3.8) is 0 Å². The Balaban J connectivity index is 0.000000265. The molecule has 84 valence electrons. The summed E-state index contributed by atoms with van der Waals surface area (Å²) in [4.78, 5) is 9.85. The van der Waals surface area contributed by atoms with Crippen LogP contribution in [0.3, 0.4) is 0 Å². The molecule has 15 heavy (non-hydrogen) atoms. The molecule has 2 nitrogen and oxygen atoms in total. The lowest BCUT2D eigenvalue weighted by Crippen LogP contribution is -2.10. The van der Waals surface area contributed by atoms with Crippen molar-refractivity contribution in [3.8, 4) is 0 Å². The third-order valence-electron chi connectivity index (χ3n) is 1.50. The molecule has 0 aliphatic rings. The fourth-order valence-corrected chi connectivity index (χ4v) is 0.885. The summed E-state index contributed by atoms with van der Waals surface area (Å²) in [7, 11) is 0. The number of benzene rings is 1. The number of thiol groups is 1. The molecule has 1 aromatic rings. The van der Waals surface area contributed by atoms with Crippen molar-refractivity contribution < 1.29 is 9.90 Å². The fraction of sp³-hybridized carbons (Fsp3) is 0.300. The first-order valence-electron chi connectivity index (χ1n) is 4.30. The molecular formula is C10H12Cl2O2S. The van der Waals surface area contributed by atoms with Crippen molar-refractivity contribution in [1.29, 1.82) is 0 Å². The molecule has 5 heteroatoms. The Bertz CT molecular complexity index is 297. The van der Waals surface area contributed by atoms with Crippen molar-refractivity contribution in [3.05, 3.63) is 34.3 Å². The van der Waals surface area contributed by atoms with Gasteiger partial charge in [0.15, 0.2) is 0 Å². The summed E-state index contributed by atoms with van der Waals surface area (Å²) in [6.07, 6.45) is 0.582. The second kappa shape index (κ2) is 7.85. The predicted octanol–water partition coefficient (Wildman–Crippen LogP) is 3.77. The zero-order chi connectivity index (χ0) is 11.8. The molecule has 0 aliphatic heterocycles. The number of aliphatic carboxylic acids is 1. The Morgan fingerprint density at radius 3 is 1.93 bits per heavy atom. The van der Waals surface area contributed by atoms with E-state index in [1.54, 1.807) is 19.1 Å². The van der Waals surface area contributed by atoms with Gasteiger partial charge in [0, 0.05) is 0 Å². The molecule has 0 radical (unpaired) electrons. The summed E-state index contributed by atoms with van der Waals surface area (Å²) in [6, 6.07) is 7.19.